The second-order valence-corrected chi connectivity index (χ2v) is 11.3. The number of esters is 2. The summed E-state index contributed by atoms with van der Waals surface area (Å²) >= 11 is 0. The highest BCUT2D eigenvalue weighted by Crippen LogP contribution is 2.12. The third kappa shape index (κ3) is 32.3. The van der Waals surface area contributed by atoms with Crippen molar-refractivity contribution in [3.05, 3.63) is 48.6 Å². The van der Waals surface area contributed by atoms with Gasteiger partial charge in [-0.25, -0.2) is 0 Å². The molecule has 0 saturated heterocycles. The minimum atomic E-state index is -0.999. The maximum atomic E-state index is 11.9. The second kappa shape index (κ2) is 32.4. The number of rotatable bonds is 30. The summed E-state index contributed by atoms with van der Waals surface area (Å²) in [4.78, 5) is 35.4. The Balaban J connectivity index is 3.63. The number of hydrogen-bond donors (Lipinski definition) is 1. The molecular weight excluding hydrogens is 540 g/mol. The third-order valence-electron chi connectivity index (χ3n) is 7.04. The van der Waals surface area contributed by atoms with Gasteiger partial charge in [-0.05, 0) is 44.6 Å². The van der Waals surface area contributed by atoms with E-state index in [9.17, 15) is 19.5 Å². The highest BCUT2D eigenvalue weighted by molar-refractivity contribution is 5.89. The van der Waals surface area contributed by atoms with Crippen LogP contribution in [-0.4, -0.2) is 42.1 Å². The van der Waals surface area contributed by atoms with Crippen molar-refractivity contribution in [2.75, 3.05) is 13.2 Å². The van der Waals surface area contributed by atoms with E-state index in [-0.39, 0.29) is 37.4 Å². The largest absolute Gasteiger partial charge is 0.463 e. The zero-order chi connectivity index (χ0) is 31.6. The van der Waals surface area contributed by atoms with Crippen molar-refractivity contribution < 1.29 is 29.0 Å². The molecular formula is C37H62O6. The Morgan fingerprint density at radius 2 is 1.02 bits per heavy atom. The molecule has 0 unspecified atom stereocenters. The fourth-order valence-corrected chi connectivity index (χ4v) is 4.38. The highest BCUT2D eigenvalue weighted by atomic mass is 16.6. The van der Waals surface area contributed by atoms with Gasteiger partial charge in [0.05, 0.1) is 0 Å². The molecule has 6 heteroatoms. The number of hydrogen-bond acceptors (Lipinski definition) is 6. The molecule has 0 aromatic rings. The molecule has 0 spiro atoms. The van der Waals surface area contributed by atoms with E-state index in [0.29, 0.717) is 19.3 Å². The van der Waals surface area contributed by atoms with Gasteiger partial charge in [0.2, 0.25) is 0 Å². The van der Waals surface area contributed by atoms with E-state index in [4.69, 9.17) is 9.47 Å². The Hall–Kier alpha value is -2.47. The van der Waals surface area contributed by atoms with Crippen molar-refractivity contribution in [1.29, 1.82) is 0 Å². The lowest BCUT2D eigenvalue weighted by molar-refractivity contribution is -0.152. The summed E-state index contributed by atoms with van der Waals surface area (Å²) in [6.45, 7) is 4.06. The minimum Gasteiger partial charge on any atom is -0.463 e. The number of aliphatic hydroxyl groups is 1. The van der Waals surface area contributed by atoms with Crippen molar-refractivity contribution in [1.82, 2.24) is 0 Å². The number of carbonyl (C=O) groups is 3. The Morgan fingerprint density at radius 1 is 0.558 bits per heavy atom. The molecule has 0 rings (SSSR count). The number of carbonyl (C=O) groups excluding carboxylic acids is 3. The fraction of sp³-hybridized carbons (Fsp3) is 0.703. The van der Waals surface area contributed by atoms with E-state index in [1.807, 2.05) is 24.3 Å². The lowest BCUT2D eigenvalue weighted by Crippen LogP contribution is -2.25. The number of ketones is 1. The molecule has 0 aliphatic heterocycles. The first-order valence-electron chi connectivity index (χ1n) is 17.1. The summed E-state index contributed by atoms with van der Waals surface area (Å²) in [5.41, 5.74) is 0. The van der Waals surface area contributed by atoms with Gasteiger partial charge in [0.1, 0.15) is 19.3 Å². The van der Waals surface area contributed by atoms with Crippen LogP contribution in [0.15, 0.2) is 48.6 Å². The van der Waals surface area contributed by atoms with Gasteiger partial charge in [0, 0.05) is 19.3 Å². The predicted molar refractivity (Wildman–Crippen MR) is 178 cm³/mol. The average molecular weight is 603 g/mol. The Morgan fingerprint density at radius 3 is 1.63 bits per heavy atom. The normalized spacial score (nSPS) is 12.6. The molecule has 43 heavy (non-hydrogen) atoms. The van der Waals surface area contributed by atoms with Gasteiger partial charge in [-0.1, -0.05) is 133 Å². The van der Waals surface area contributed by atoms with E-state index in [2.05, 4.69) is 32.1 Å². The van der Waals surface area contributed by atoms with Crippen LogP contribution in [0.2, 0.25) is 0 Å². The fourth-order valence-electron chi connectivity index (χ4n) is 4.38. The first kappa shape index (κ1) is 40.5. The van der Waals surface area contributed by atoms with Gasteiger partial charge >= 0.3 is 11.9 Å². The molecule has 0 aromatic carbocycles. The Bertz CT molecular complexity index is 795. The number of unbranched alkanes of at least 4 members (excludes halogenated alkanes) is 13. The molecule has 6 nitrogen and oxygen atoms in total. The van der Waals surface area contributed by atoms with Gasteiger partial charge in [0.25, 0.3) is 0 Å². The van der Waals surface area contributed by atoms with Crippen molar-refractivity contribution in [2.24, 2.45) is 0 Å². The number of ether oxygens (including phenoxy) is 2. The minimum absolute atomic E-state index is 0.147. The molecule has 1 N–H and O–H groups in total. The van der Waals surface area contributed by atoms with Gasteiger partial charge in [-0.2, -0.15) is 0 Å². The topological polar surface area (TPSA) is 89.9 Å². The van der Waals surface area contributed by atoms with E-state index in [1.54, 1.807) is 6.08 Å². The molecule has 1 atom stereocenters. The predicted octanol–water partition coefficient (Wildman–Crippen LogP) is 9.46. The van der Waals surface area contributed by atoms with Crippen LogP contribution in [0.25, 0.3) is 0 Å². The van der Waals surface area contributed by atoms with Crippen LogP contribution < -0.4 is 0 Å². The van der Waals surface area contributed by atoms with Crippen LogP contribution in [0, 0.1) is 0 Å². The van der Waals surface area contributed by atoms with Crippen molar-refractivity contribution in [3.8, 4) is 0 Å². The van der Waals surface area contributed by atoms with Gasteiger partial charge in [-0.15, -0.1) is 0 Å². The molecule has 0 bridgehead atoms. The lowest BCUT2D eigenvalue weighted by Gasteiger charge is -2.12. The number of allylic oxidation sites excluding steroid dienone is 8. The molecule has 0 aliphatic rings. The van der Waals surface area contributed by atoms with Crippen LogP contribution in [0.4, 0.5) is 0 Å². The highest BCUT2D eigenvalue weighted by Gasteiger charge is 2.12. The molecule has 246 valence electrons. The van der Waals surface area contributed by atoms with Crippen molar-refractivity contribution >= 4 is 17.7 Å². The maximum absolute atomic E-state index is 11.9. The summed E-state index contributed by atoms with van der Waals surface area (Å²) in [5.74, 6) is -0.479. The molecule has 0 aliphatic carbocycles. The first-order chi connectivity index (χ1) is 21.0. The number of aliphatic hydroxyl groups excluding tert-OH is 1. The zero-order valence-electron chi connectivity index (χ0n) is 27.4. The van der Waals surface area contributed by atoms with Crippen LogP contribution in [0.5, 0.6) is 0 Å². The second-order valence-electron chi connectivity index (χ2n) is 11.3. The molecule has 0 saturated carbocycles. The van der Waals surface area contributed by atoms with Crippen LogP contribution in [0.3, 0.4) is 0 Å². The van der Waals surface area contributed by atoms with Crippen LogP contribution in [-0.2, 0) is 23.9 Å². The average Bonchev–Trinajstić information content (AvgIpc) is 3.00. The first-order valence-corrected chi connectivity index (χ1v) is 17.1. The molecule has 0 radical (unpaired) electrons. The monoisotopic (exact) mass is 602 g/mol. The van der Waals surface area contributed by atoms with Gasteiger partial charge in [0.15, 0.2) is 5.78 Å². The van der Waals surface area contributed by atoms with Crippen LogP contribution >= 0.6 is 0 Å². The summed E-state index contributed by atoms with van der Waals surface area (Å²) in [6, 6.07) is 0. The SMILES string of the molecule is CCCCCCCCCCCCCC(=O)OC[C@H](O)COC(=O)CCC/C=C\C/C=C\C/C=C\C=C\C(=O)CCCCC. The summed E-state index contributed by atoms with van der Waals surface area (Å²) < 4.78 is 10.2. The van der Waals surface area contributed by atoms with Gasteiger partial charge < -0.3 is 14.6 Å². The Kier molecular flexibility index (Phi) is 30.6. The summed E-state index contributed by atoms with van der Waals surface area (Å²) in [7, 11) is 0. The lowest BCUT2D eigenvalue weighted by atomic mass is 10.1. The molecule has 0 aromatic heterocycles. The standard InChI is InChI=1S/C37H62O6/c1-3-5-7-8-9-10-12-16-19-22-26-30-36(40)42-32-35(39)33-43-37(41)31-27-23-20-17-14-11-13-15-18-21-25-29-34(38)28-24-6-4-2/h11,13,17-18,20-21,25,29,35,39H,3-10,12,14-16,19,22-24,26-28,30-33H2,1-2H3/b13-11-,20-17-,21-18-,29-25+/t35-/m0/s1. The van der Waals surface area contributed by atoms with Gasteiger partial charge in [-0.3, -0.25) is 14.4 Å². The van der Waals surface area contributed by atoms with Crippen LogP contribution in [0.1, 0.15) is 149 Å². The van der Waals surface area contributed by atoms with E-state index < -0.39 is 6.10 Å². The smallest absolute Gasteiger partial charge is 0.305 e. The zero-order valence-corrected chi connectivity index (χ0v) is 27.4. The molecule has 0 heterocycles. The van der Waals surface area contributed by atoms with Crippen molar-refractivity contribution in [2.45, 2.75) is 155 Å². The molecule has 0 fully saturated rings. The maximum Gasteiger partial charge on any atom is 0.305 e. The summed E-state index contributed by atoms with van der Waals surface area (Å²) in [6.07, 6.45) is 35.7. The Labute approximate surface area is 263 Å². The van der Waals surface area contributed by atoms with E-state index in [1.165, 1.54) is 51.4 Å². The third-order valence-corrected chi connectivity index (χ3v) is 7.04. The summed E-state index contributed by atoms with van der Waals surface area (Å²) in [5, 5.41) is 9.94. The van der Waals surface area contributed by atoms with E-state index in [0.717, 1.165) is 57.8 Å². The van der Waals surface area contributed by atoms with Crippen molar-refractivity contribution in [3.63, 3.8) is 0 Å². The quantitative estimate of drug-likeness (QED) is 0.0290. The van der Waals surface area contributed by atoms with E-state index >= 15 is 0 Å². The molecule has 0 amide bonds.